The van der Waals surface area contributed by atoms with Gasteiger partial charge in [0, 0.05) is 4.47 Å². The van der Waals surface area contributed by atoms with E-state index in [4.69, 9.17) is 10.5 Å². The molecular formula is C12H18BrNO. The highest BCUT2D eigenvalue weighted by molar-refractivity contribution is 9.10. The van der Waals surface area contributed by atoms with E-state index in [9.17, 15) is 0 Å². The zero-order valence-corrected chi connectivity index (χ0v) is 10.9. The lowest BCUT2D eigenvalue weighted by atomic mass is 10.1. The highest BCUT2D eigenvalue weighted by Crippen LogP contribution is 2.23. The van der Waals surface area contributed by atoms with Gasteiger partial charge in [0.25, 0.3) is 0 Å². The minimum Gasteiger partial charge on any atom is -0.493 e. The van der Waals surface area contributed by atoms with E-state index in [-0.39, 0.29) is 0 Å². The van der Waals surface area contributed by atoms with Crippen LogP contribution in [-0.2, 0) is 6.42 Å². The highest BCUT2D eigenvalue weighted by Gasteiger charge is 2.04. The molecule has 0 unspecified atom stereocenters. The summed E-state index contributed by atoms with van der Waals surface area (Å²) in [4.78, 5) is 0. The van der Waals surface area contributed by atoms with E-state index in [1.807, 2.05) is 12.1 Å². The van der Waals surface area contributed by atoms with E-state index in [0.717, 1.165) is 23.2 Å². The molecule has 0 aromatic heterocycles. The lowest BCUT2D eigenvalue weighted by Crippen LogP contribution is -2.08. The smallest absolute Gasteiger partial charge is 0.122 e. The van der Waals surface area contributed by atoms with Crippen LogP contribution in [0, 0.1) is 5.92 Å². The standard InChI is InChI=1S/C12H18BrNO/c1-9(2)8-15-12-4-3-11(13)7-10(12)5-6-14/h3-4,7,9H,5-6,8,14H2,1-2H3. The quantitative estimate of drug-likeness (QED) is 0.894. The summed E-state index contributed by atoms with van der Waals surface area (Å²) >= 11 is 3.45. The summed E-state index contributed by atoms with van der Waals surface area (Å²) in [6, 6.07) is 6.07. The Morgan fingerprint density at radius 3 is 2.73 bits per heavy atom. The molecular weight excluding hydrogens is 254 g/mol. The Hall–Kier alpha value is -0.540. The molecule has 0 saturated carbocycles. The zero-order chi connectivity index (χ0) is 11.3. The third kappa shape index (κ3) is 4.22. The Labute approximate surface area is 99.9 Å². The van der Waals surface area contributed by atoms with Crippen LogP contribution >= 0.6 is 15.9 Å². The lowest BCUT2D eigenvalue weighted by Gasteiger charge is -2.13. The first-order valence-corrected chi connectivity index (χ1v) is 6.04. The molecule has 2 N–H and O–H groups in total. The molecule has 0 amide bonds. The van der Waals surface area contributed by atoms with Crippen molar-refractivity contribution < 1.29 is 4.74 Å². The van der Waals surface area contributed by atoms with Crippen molar-refractivity contribution in [2.45, 2.75) is 20.3 Å². The van der Waals surface area contributed by atoms with Gasteiger partial charge in [-0.05, 0) is 42.6 Å². The third-order valence-corrected chi connectivity index (χ3v) is 2.50. The number of benzene rings is 1. The second-order valence-electron chi connectivity index (χ2n) is 4.00. The average molecular weight is 272 g/mol. The van der Waals surface area contributed by atoms with Gasteiger partial charge in [0.2, 0.25) is 0 Å². The zero-order valence-electron chi connectivity index (χ0n) is 9.29. The van der Waals surface area contributed by atoms with E-state index in [1.165, 1.54) is 5.56 Å². The Kier molecular flexibility index (Phi) is 5.12. The van der Waals surface area contributed by atoms with Crippen LogP contribution in [0.1, 0.15) is 19.4 Å². The molecule has 84 valence electrons. The van der Waals surface area contributed by atoms with Crippen molar-refractivity contribution in [1.29, 1.82) is 0 Å². The minimum absolute atomic E-state index is 0.541. The molecule has 0 spiro atoms. The topological polar surface area (TPSA) is 35.2 Å². The molecule has 2 nitrogen and oxygen atoms in total. The molecule has 0 atom stereocenters. The van der Waals surface area contributed by atoms with Gasteiger partial charge in [-0.1, -0.05) is 29.8 Å². The number of halogens is 1. The van der Waals surface area contributed by atoms with Gasteiger partial charge in [-0.25, -0.2) is 0 Å². The molecule has 0 aliphatic carbocycles. The average Bonchev–Trinajstić information content (AvgIpc) is 2.17. The molecule has 0 radical (unpaired) electrons. The van der Waals surface area contributed by atoms with Crippen LogP contribution in [0.4, 0.5) is 0 Å². The number of hydrogen-bond donors (Lipinski definition) is 1. The van der Waals surface area contributed by atoms with Gasteiger partial charge in [0.15, 0.2) is 0 Å². The van der Waals surface area contributed by atoms with Gasteiger partial charge in [-0.3, -0.25) is 0 Å². The van der Waals surface area contributed by atoms with Gasteiger partial charge in [-0.2, -0.15) is 0 Å². The van der Waals surface area contributed by atoms with E-state index >= 15 is 0 Å². The van der Waals surface area contributed by atoms with E-state index in [1.54, 1.807) is 0 Å². The molecule has 1 aromatic rings. The second-order valence-corrected chi connectivity index (χ2v) is 4.91. The molecule has 3 heteroatoms. The molecule has 0 fully saturated rings. The van der Waals surface area contributed by atoms with Crippen LogP contribution in [0.2, 0.25) is 0 Å². The largest absolute Gasteiger partial charge is 0.493 e. The molecule has 0 saturated heterocycles. The van der Waals surface area contributed by atoms with Gasteiger partial charge in [0.05, 0.1) is 6.61 Å². The molecule has 1 aromatic carbocycles. The summed E-state index contributed by atoms with van der Waals surface area (Å²) in [6.07, 6.45) is 0.854. The van der Waals surface area contributed by atoms with Crippen LogP contribution < -0.4 is 10.5 Å². The summed E-state index contributed by atoms with van der Waals surface area (Å²) in [5, 5.41) is 0. The molecule has 1 rings (SSSR count). The summed E-state index contributed by atoms with van der Waals surface area (Å²) in [5.74, 6) is 1.50. The Bertz CT molecular complexity index is 312. The van der Waals surface area contributed by atoms with Crippen molar-refractivity contribution in [3.8, 4) is 5.75 Å². The van der Waals surface area contributed by atoms with Crippen LogP contribution in [0.25, 0.3) is 0 Å². The SMILES string of the molecule is CC(C)COc1ccc(Br)cc1CCN. The molecule has 0 aliphatic rings. The lowest BCUT2D eigenvalue weighted by molar-refractivity contribution is 0.268. The van der Waals surface area contributed by atoms with Crippen molar-refractivity contribution in [3.05, 3.63) is 28.2 Å². The van der Waals surface area contributed by atoms with Crippen LogP contribution in [0.5, 0.6) is 5.75 Å². The normalized spacial score (nSPS) is 10.7. The fraction of sp³-hybridized carbons (Fsp3) is 0.500. The molecule has 0 bridgehead atoms. The maximum Gasteiger partial charge on any atom is 0.122 e. The van der Waals surface area contributed by atoms with Gasteiger partial charge in [-0.15, -0.1) is 0 Å². The van der Waals surface area contributed by atoms with Crippen molar-refractivity contribution in [3.63, 3.8) is 0 Å². The summed E-state index contributed by atoms with van der Waals surface area (Å²) in [5.41, 5.74) is 6.74. The summed E-state index contributed by atoms with van der Waals surface area (Å²) < 4.78 is 6.80. The molecule has 0 aliphatic heterocycles. The van der Waals surface area contributed by atoms with Crippen molar-refractivity contribution in [2.75, 3.05) is 13.2 Å². The van der Waals surface area contributed by atoms with E-state index in [0.29, 0.717) is 12.5 Å². The van der Waals surface area contributed by atoms with Crippen molar-refractivity contribution >= 4 is 15.9 Å². The van der Waals surface area contributed by atoms with E-state index in [2.05, 4.69) is 35.8 Å². The van der Waals surface area contributed by atoms with Gasteiger partial charge >= 0.3 is 0 Å². The predicted octanol–water partition coefficient (Wildman–Crippen LogP) is 2.99. The van der Waals surface area contributed by atoms with E-state index < -0.39 is 0 Å². The van der Waals surface area contributed by atoms with Crippen LogP contribution in [-0.4, -0.2) is 13.2 Å². The Morgan fingerprint density at radius 2 is 2.13 bits per heavy atom. The minimum atomic E-state index is 0.541. The summed E-state index contributed by atoms with van der Waals surface area (Å²) in [6.45, 7) is 5.68. The fourth-order valence-electron chi connectivity index (χ4n) is 1.30. The number of hydrogen-bond acceptors (Lipinski definition) is 2. The fourth-order valence-corrected chi connectivity index (χ4v) is 1.70. The third-order valence-electron chi connectivity index (χ3n) is 2.01. The second kappa shape index (κ2) is 6.13. The first kappa shape index (κ1) is 12.5. The highest BCUT2D eigenvalue weighted by atomic mass is 79.9. The number of nitrogens with two attached hydrogens (primary N) is 1. The van der Waals surface area contributed by atoms with Gasteiger partial charge < -0.3 is 10.5 Å². The van der Waals surface area contributed by atoms with Crippen LogP contribution in [0.15, 0.2) is 22.7 Å². The number of rotatable bonds is 5. The van der Waals surface area contributed by atoms with Crippen LogP contribution in [0.3, 0.4) is 0 Å². The van der Waals surface area contributed by atoms with Crippen molar-refractivity contribution in [2.24, 2.45) is 11.7 Å². The maximum atomic E-state index is 5.73. The maximum absolute atomic E-state index is 5.73. The van der Waals surface area contributed by atoms with Gasteiger partial charge in [0.1, 0.15) is 5.75 Å². The Morgan fingerprint density at radius 1 is 1.40 bits per heavy atom. The first-order valence-electron chi connectivity index (χ1n) is 5.24. The predicted molar refractivity (Wildman–Crippen MR) is 67.2 cm³/mol. The monoisotopic (exact) mass is 271 g/mol. The number of ether oxygens (including phenoxy) is 1. The summed E-state index contributed by atoms with van der Waals surface area (Å²) in [7, 11) is 0. The Balaban J connectivity index is 2.76. The van der Waals surface area contributed by atoms with Crippen molar-refractivity contribution in [1.82, 2.24) is 0 Å². The molecule has 15 heavy (non-hydrogen) atoms. The molecule has 0 heterocycles. The first-order chi connectivity index (χ1) is 7.13.